The fraction of sp³-hybridized carbons (Fsp3) is 0.261. The molecular weight excluding hydrogens is 423 g/mol. The van der Waals surface area contributed by atoms with E-state index in [1.54, 1.807) is 32.4 Å². The molecule has 0 aliphatic carbocycles. The van der Waals surface area contributed by atoms with E-state index in [0.29, 0.717) is 11.6 Å². The van der Waals surface area contributed by atoms with Gasteiger partial charge in [-0.3, -0.25) is 9.97 Å². The Morgan fingerprint density at radius 1 is 1.16 bits per heavy atom. The SMILES string of the molecule is C=C/C(=C\C=C(/C)c1ccc(CO/N=C(\C)OCc2cnccn2)c(C)c1)OC(F)(F)F. The lowest BCUT2D eigenvalue weighted by Crippen LogP contribution is -2.11. The number of hydrogen-bond donors (Lipinski definition) is 0. The average molecular weight is 447 g/mol. The molecule has 2 aromatic rings. The first kappa shape index (κ1) is 24.6. The minimum atomic E-state index is -4.76. The molecule has 0 radical (unpaired) electrons. The maximum Gasteiger partial charge on any atom is 0.573 e. The third-order valence-corrected chi connectivity index (χ3v) is 4.19. The second-order valence-electron chi connectivity index (χ2n) is 6.68. The molecule has 0 aliphatic heterocycles. The first-order chi connectivity index (χ1) is 15.2. The van der Waals surface area contributed by atoms with E-state index in [0.717, 1.165) is 28.3 Å². The molecule has 2 rings (SSSR count). The van der Waals surface area contributed by atoms with Gasteiger partial charge in [0.2, 0.25) is 5.90 Å². The number of benzene rings is 1. The number of allylic oxidation sites excluding steroid dienone is 4. The largest absolute Gasteiger partial charge is 0.573 e. The van der Waals surface area contributed by atoms with Crippen LogP contribution in [0.4, 0.5) is 13.2 Å². The summed E-state index contributed by atoms with van der Waals surface area (Å²) in [4.78, 5) is 13.4. The van der Waals surface area contributed by atoms with Crippen LogP contribution in [-0.2, 0) is 27.5 Å². The monoisotopic (exact) mass is 447 g/mol. The van der Waals surface area contributed by atoms with Crippen molar-refractivity contribution in [1.29, 1.82) is 0 Å². The van der Waals surface area contributed by atoms with E-state index in [-0.39, 0.29) is 19.0 Å². The number of halogens is 3. The molecule has 1 heterocycles. The molecular formula is C23H24F3N3O3. The van der Waals surface area contributed by atoms with Gasteiger partial charge in [0.25, 0.3) is 0 Å². The lowest BCUT2D eigenvalue weighted by atomic mass is 10.0. The smallest absolute Gasteiger partial charge is 0.472 e. The zero-order valence-corrected chi connectivity index (χ0v) is 18.0. The van der Waals surface area contributed by atoms with Crippen LogP contribution < -0.4 is 0 Å². The highest BCUT2D eigenvalue weighted by molar-refractivity contribution is 5.72. The highest BCUT2D eigenvalue weighted by Gasteiger charge is 2.31. The molecule has 9 heteroatoms. The Kier molecular flexibility index (Phi) is 9.00. The molecule has 32 heavy (non-hydrogen) atoms. The van der Waals surface area contributed by atoms with Gasteiger partial charge in [-0.15, -0.1) is 13.2 Å². The van der Waals surface area contributed by atoms with Gasteiger partial charge in [-0.25, -0.2) is 0 Å². The number of rotatable bonds is 9. The van der Waals surface area contributed by atoms with Crippen LogP contribution in [0.5, 0.6) is 0 Å². The summed E-state index contributed by atoms with van der Waals surface area (Å²) in [6.07, 6.45) is 3.76. The quantitative estimate of drug-likeness (QED) is 0.158. The lowest BCUT2D eigenvalue weighted by molar-refractivity contribution is -0.303. The first-order valence-electron chi connectivity index (χ1n) is 9.59. The molecule has 0 bridgehead atoms. The van der Waals surface area contributed by atoms with Crippen LogP contribution in [0.1, 0.15) is 36.2 Å². The Balaban J connectivity index is 1.95. The topological polar surface area (TPSA) is 65.8 Å². The van der Waals surface area contributed by atoms with E-state index >= 15 is 0 Å². The minimum Gasteiger partial charge on any atom is -0.472 e. The number of alkyl halides is 3. The lowest BCUT2D eigenvalue weighted by Gasteiger charge is -2.10. The molecule has 0 N–H and O–H groups in total. The molecule has 0 saturated carbocycles. The summed E-state index contributed by atoms with van der Waals surface area (Å²) >= 11 is 0. The van der Waals surface area contributed by atoms with Gasteiger partial charge in [-0.2, -0.15) is 0 Å². The Morgan fingerprint density at radius 3 is 2.56 bits per heavy atom. The number of aromatic nitrogens is 2. The fourth-order valence-electron chi connectivity index (χ4n) is 2.49. The molecule has 0 aliphatic rings. The van der Waals surface area contributed by atoms with E-state index in [1.807, 2.05) is 25.1 Å². The molecule has 0 spiro atoms. The molecule has 170 valence electrons. The number of ether oxygens (including phenoxy) is 2. The molecule has 0 amide bonds. The van der Waals surface area contributed by atoms with Gasteiger partial charge in [0.1, 0.15) is 19.0 Å². The van der Waals surface area contributed by atoms with E-state index in [2.05, 4.69) is 26.4 Å². The molecule has 0 unspecified atom stereocenters. The minimum absolute atomic E-state index is 0.237. The van der Waals surface area contributed by atoms with Crippen LogP contribution in [0, 0.1) is 6.92 Å². The summed E-state index contributed by atoms with van der Waals surface area (Å²) in [5.74, 6) is -0.0251. The number of hydrogen-bond acceptors (Lipinski definition) is 6. The van der Waals surface area contributed by atoms with Gasteiger partial charge in [0.05, 0.1) is 11.9 Å². The Morgan fingerprint density at radius 2 is 1.94 bits per heavy atom. The Bertz CT molecular complexity index is 1000. The van der Waals surface area contributed by atoms with Gasteiger partial charge in [0.15, 0.2) is 0 Å². The van der Waals surface area contributed by atoms with Crippen molar-refractivity contribution in [3.8, 4) is 0 Å². The zero-order chi connectivity index (χ0) is 23.6. The summed E-state index contributed by atoms with van der Waals surface area (Å²) < 4.78 is 46.4. The molecule has 1 aromatic heterocycles. The van der Waals surface area contributed by atoms with E-state index in [9.17, 15) is 13.2 Å². The van der Waals surface area contributed by atoms with Crippen molar-refractivity contribution in [2.45, 2.75) is 40.3 Å². The zero-order valence-electron chi connectivity index (χ0n) is 18.0. The summed E-state index contributed by atoms with van der Waals surface area (Å²) in [6.45, 7) is 9.18. The first-order valence-corrected chi connectivity index (χ1v) is 9.59. The van der Waals surface area contributed by atoms with Crippen LogP contribution in [0.25, 0.3) is 5.57 Å². The van der Waals surface area contributed by atoms with Gasteiger partial charge >= 0.3 is 6.36 Å². The van der Waals surface area contributed by atoms with Crippen molar-refractivity contribution in [3.05, 3.63) is 89.7 Å². The third kappa shape index (κ3) is 8.63. The Hall–Kier alpha value is -3.62. The summed E-state index contributed by atoms with van der Waals surface area (Å²) in [5.41, 5.74) is 4.15. The van der Waals surface area contributed by atoms with Crippen molar-refractivity contribution in [2.75, 3.05) is 0 Å². The molecule has 0 fully saturated rings. The molecule has 1 aromatic carbocycles. The highest BCUT2D eigenvalue weighted by atomic mass is 19.4. The van der Waals surface area contributed by atoms with Crippen molar-refractivity contribution in [1.82, 2.24) is 9.97 Å². The fourth-order valence-corrected chi connectivity index (χ4v) is 2.49. The molecule has 0 atom stereocenters. The number of aryl methyl sites for hydroxylation is 1. The second kappa shape index (κ2) is 11.7. The van der Waals surface area contributed by atoms with Crippen molar-refractivity contribution >= 4 is 11.5 Å². The van der Waals surface area contributed by atoms with Gasteiger partial charge in [-0.1, -0.05) is 36.0 Å². The van der Waals surface area contributed by atoms with Crippen LogP contribution in [0.2, 0.25) is 0 Å². The van der Waals surface area contributed by atoms with Crippen LogP contribution in [-0.4, -0.2) is 22.2 Å². The van der Waals surface area contributed by atoms with Crippen molar-refractivity contribution in [3.63, 3.8) is 0 Å². The van der Waals surface area contributed by atoms with Gasteiger partial charge in [-0.05, 0) is 48.3 Å². The van der Waals surface area contributed by atoms with Crippen LogP contribution >= 0.6 is 0 Å². The summed E-state index contributed by atoms with van der Waals surface area (Å²) in [5, 5.41) is 3.93. The standard InChI is InChI=1S/C23H24F3N3O3/c1-5-22(32-23(24,25)26)9-6-16(2)19-7-8-20(17(3)12-19)14-31-29-18(4)30-15-21-13-27-10-11-28-21/h5-13H,1,14-15H2,2-4H3/b16-6+,22-9+,29-18+. The average Bonchev–Trinajstić information content (AvgIpc) is 2.76. The number of oxime groups is 1. The maximum absolute atomic E-state index is 12.3. The van der Waals surface area contributed by atoms with Gasteiger partial charge < -0.3 is 14.3 Å². The highest BCUT2D eigenvalue weighted by Crippen LogP contribution is 2.23. The van der Waals surface area contributed by atoms with E-state index in [1.165, 1.54) is 12.2 Å². The van der Waals surface area contributed by atoms with E-state index in [4.69, 9.17) is 9.57 Å². The maximum atomic E-state index is 12.3. The van der Waals surface area contributed by atoms with Gasteiger partial charge in [0, 0.05) is 19.3 Å². The van der Waals surface area contributed by atoms with E-state index < -0.39 is 6.36 Å². The predicted octanol–water partition coefficient (Wildman–Crippen LogP) is 5.86. The summed E-state index contributed by atoms with van der Waals surface area (Å²) in [7, 11) is 0. The third-order valence-electron chi connectivity index (χ3n) is 4.19. The van der Waals surface area contributed by atoms with Crippen LogP contribution in [0.3, 0.4) is 0 Å². The van der Waals surface area contributed by atoms with Crippen LogP contribution in [0.15, 0.2) is 72.5 Å². The predicted molar refractivity (Wildman–Crippen MR) is 115 cm³/mol. The van der Waals surface area contributed by atoms with Crippen molar-refractivity contribution < 1.29 is 27.5 Å². The second-order valence-corrected chi connectivity index (χ2v) is 6.68. The number of nitrogens with zero attached hydrogens (tertiary/aromatic N) is 3. The molecule has 6 nitrogen and oxygen atoms in total. The molecule has 0 saturated heterocycles. The normalized spacial score (nSPS) is 13.0. The van der Waals surface area contributed by atoms with Crippen molar-refractivity contribution in [2.24, 2.45) is 5.16 Å². The Labute approximate surface area is 184 Å². The summed E-state index contributed by atoms with van der Waals surface area (Å²) in [6, 6.07) is 5.64.